The summed E-state index contributed by atoms with van der Waals surface area (Å²) in [5.41, 5.74) is -0.915. The molecular weight excluding hydrogens is 263 g/mol. The van der Waals surface area contributed by atoms with Crippen LogP contribution < -0.4 is 0 Å². The lowest BCUT2D eigenvalue weighted by atomic mass is 9.93. The molecule has 0 saturated carbocycles. The molecule has 19 heavy (non-hydrogen) atoms. The maximum Gasteiger partial charge on any atom is 0.458 e. The molecule has 0 aromatic heterocycles. The second kappa shape index (κ2) is 4.47. The third-order valence-electron chi connectivity index (χ3n) is 3.09. The van der Waals surface area contributed by atoms with E-state index in [1.165, 1.54) is 6.07 Å². The smallest absolute Gasteiger partial charge is 0.191 e. The van der Waals surface area contributed by atoms with Crippen LogP contribution in [0.2, 0.25) is 0 Å². The lowest BCUT2D eigenvalue weighted by Crippen LogP contribution is -2.34. The molecule has 0 bridgehead atoms. The summed E-state index contributed by atoms with van der Waals surface area (Å²) in [4.78, 5) is 0. The van der Waals surface area contributed by atoms with Gasteiger partial charge >= 0.3 is 12.1 Å². The van der Waals surface area contributed by atoms with E-state index in [4.69, 9.17) is 0 Å². The molecule has 0 unspecified atom stereocenters. The van der Waals surface area contributed by atoms with E-state index >= 15 is 0 Å². The van der Waals surface area contributed by atoms with Gasteiger partial charge in [-0.2, -0.15) is 22.0 Å². The largest absolute Gasteiger partial charge is 0.458 e. The average Bonchev–Trinajstić information content (AvgIpc) is 2.35. The van der Waals surface area contributed by atoms with E-state index in [1.54, 1.807) is 31.2 Å². The molecule has 102 valence electrons. The van der Waals surface area contributed by atoms with Crippen molar-refractivity contribution in [2.45, 2.75) is 25.4 Å². The number of benzene rings is 2. The Morgan fingerprint density at radius 3 is 2.11 bits per heavy atom. The van der Waals surface area contributed by atoms with Crippen molar-refractivity contribution in [3.8, 4) is 0 Å². The fourth-order valence-corrected chi connectivity index (χ4v) is 2.16. The van der Waals surface area contributed by atoms with Crippen LogP contribution in [0, 0.1) is 0 Å². The Morgan fingerprint density at radius 1 is 0.895 bits per heavy atom. The SMILES string of the molecule is CCc1c(C(F)(F)C(F)(F)F)ccc2ccccc12. The minimum Gasteiger partial charge on any atom is -0.191 e. The first-order valence-corrected chi connectivity index (χ1v) is 5.74. The quantitative estimate of drug-likeness (QED) is 0.672. The minimum absolute atomic E-state index is 0.0421. The summed E-state index contributed by atoms with van der Waals surface area (Å²) in [6.07, 6.45) is -5.47. The van der Waals surface area contributed by atoms with E-state index in [-0.39, 0.29) is 12.0 Å². The van der Waals surface area contributed by atoms with Gasteiger partial charge in [0.05, 0.1) is 0 Å². The van der Waals surface area contributed by atoms with Crippen LogP contribution >= 0.6 is 0 Å². The van der Waals surface area contributed by atoms with Crippen LogP contribution in [0.5, 0.6) is 0 Å². The normalized spacial score (nSPS) is 12.9. The Balaban J connectivity index is 2.75. The van der Waals surface area contributed by atoms with Gasteiger partial charge < -0.3 is 0 Å². The van der Waals surface area contributed by atoms with Gasteiger partial charge in [-0.05, 0) is 22.8 Å². The highest BCUT2D eigenvalue weighted by atomic mass is 19.4. The maximum atomic E-state index is 13.5. The highest BCUT2D eigenvalue weighted by molar-refractivity contribution is 5.87. The van der Waals surface area contributed by atoms with Crippen molar-refractivity contribution >= 4 is 10.8 Å². The molecule has 0 N–H and O–H groups in total. The number of alkyl halides is 5. The fraction of sp³-hybridized carbons (Fsp3) is 0.286. The van der Waals surface area contributed by atoms with Gasteiger partial charge in [0.25, 0.3) is 0 Å². The third-order valence-corrected chi connectivity index (χ3v) is 3.09. The van der Waals surface area contributed by atoms with Crippen LogP contribution in [-0.4, -0.2) is 6.18 Å². The summed E-state index contributed by atoms with van der Waals surface area (Å²) < 4.78 is 64.5. The van der Waals surface area contributed by atoms with Gasteiger partial charge in [0.2, 0.25) is 0 Å². The zero-order chi connectivity index (χ0) is 14.3. The summed E-state index contributed by atoms with van der Waals surface area (Å²) in [5.74, 6) is -4.83. The van der Waals surface area contributed by atoms with Gasteiger partial charge in [-0.25, -0.2) is 0 Å². The van der Waals surface area contributed by atoms with Gasteiger partial charge in [0.15, 0.2) is 0 Å². The molecule has 0 aliphatic carbocycles. The van der Waals surface area contributed by atoms with Crippen LogP contribution in [-0.2, 0) is 12.3 Å². The number of hydrogen-bond acceptors (Lipinski definition) is 0. The standard InChI is InChI=1S/C14H11F5/c1-2-10-11-6-4-3-5-9(11)7-8-12(10)13(15,16)14(17,18)19/h3-8H,2H2,1H3. The number of hydrogen-bond donors (Lipinski definition) is 0. The van der Waals surface area contributed by atoms with Gasteiger partial charge in [-0.1, -0.05) is 43.3 Å². The van der Waals surface area contributed by atoms with E-state index in [1.807, 2.05) is 0 Å². The Bertz CT molecular complexity index is 598. The number of rotatable bonds is 2. The van der Waals surface area contributed by atoms with Gasteiger partial charge in [-0.3, -0.25) is 0 Å². The second-order valence-electron chi connectivity index (χ2n) is 4.24. The van der Waals surface area contributed by atoms with Gasteiger partial charge in [0, 0.05) is 5.56 Å². The molecule has 2 aromatic carbocycles. The molecule has 0 nitrogen and oxygen atoms in total. The second-order valence-corrected chi connectivity index (χ2v) is 4.24. The van der Waals surface area contributed by atoms with Crippen LogP contribution in [0.25, 0.3) is 10.8 Å². The molecule has 0 fully saturated rings. The molecule has 0 amide bonds. The highest BCUT2D eigenvalue weighted by Gasteiger charge is 2.59. The molecule has 0 aliphatic heterocycles. The summed E-state index contributed by atoms with van der Waals surface area (Å²) in [6, 6.07) is 8.74. The predicted octanol–water partition coefficient (Wildman–Crippen LogP) is 5.06. The van der Waals surface area contributed by atoms with Crippen molar-refractivity contribution in [3.05, 3.63) is 47.5 Å². The molecule has 2 rings (SSSR count). The molecule has 0 aliphatic rings. The maximum absolute atomic E-state index is 13.5. The Hall–Kier alpha value is -1.65. The first-order chi connectivity index (χ1) is 8.79. The van der Waals surface area contributed by atoms with Crippen LogP contribution in [0.1, 0.15) is 18.1 Å². The number of halogens is 5. The minimum atomic E-state index is -5.58. The monoisotopic (exact) mass is 274 g/mol. The van der Waals surface area contributed by atoms with Crippen molar-refractivity contribution in [2.24, 2.45) is 0 Å². The third kappa shape index (κ3) is 2.17. The van der Waals surface area contributed by atoms with E-state index in [9.17, 15) is 22.0 Å². The van der Waals surface area contributed by atoms with E-state index in [0.717, 1.165) is 6.07 Å². The van der Waals surface area contributed by atoms with Gasteiger partial charge in [0.1, 0.15) is 0 Å². The number of fused-ring (bicyclic) bond motifs is 1. The first-order valence-electron chi connectivity index (χ1n) is 5.74. The van der Waals surface area contributed by atoms with Crippen LogP contribution in [0.4, 0.5) is 22.0 Å². The van der Waals surface area contributed by atoms with Crippen LogP contribution in [0.15, 0.2) is 36.4 Å². The van der Waals surface area contributed by atoms with Crippen LogP contribution in [0.3, 0.4) is 0 Å². The topological polar surface area (TPSA) is 0 Å². The number of aryl methyl sites for hydroxylation is 1. The zero-order valence-electron chi connectivity index (χ0n) is 10.1. The lowest BCUT2D eigenvalue weighted by molar-refractivity contribution is -0.289. The molecule has 0 heterocycles. The Labute approximate surface area is 106 Å². The Morgan fingerprint density at radius 2 is 1.53 bits per heavy atom. The van der Waals surface area contributed by atoms with E-state index < -0.39 is 17.7 Å². The van der Waals surface area contributed by atoms with Crippen molar-refractivity contribution in [1.29, 1.82) is 0 Å². The zero-order valence-corrected chi connectivity index (χ0v) is 10.1. The predicted molar refractivity (Wildman–Crippen MR) is 63.3 cm³/mol. The fourth-order valence-electron chi connectivity index (χ4n) is 2.16. The van der Waals surface area contributed by atoms with Crippen molar-refractivity contribution < 1.29 is 22.0 Å². The lowest BCUT2D eigenvalue weighted by Gasteiger charge is -2.23. The molecule has 0 atom stereocenters. The van der Waals surface area contributed by atoms with E-state index in [0.29, 0.717) is 10.8 Å². The van der Waals surface area contributed by atoms with Crippen molar-refractivity contribution in [3.63, 3.8) is 0 Å². The molecule has 0 saturated heterocycles. The Kier molecular flexibility index (Phi) is 3.24. The highest BCUT2D eigenvalue weighted by Crippen LogP contribution is 2.46. The summed E-state index contributed by atoms with van der Waals surface area (Å²) in [6.45, 7) is 1.57. The molecule has 2 aromatic rings. The van der Waals surface area contributed by atoms with E-state index in [2.05, 4.69) is 0 Å². The molecular formula is C14H11F5. The first kappa shape index (κ1) is 13.8. The summed E-state index contributed by atoms with van der Waals surface area (Å²) >= 11 is 0. The molecule has 5 heteroatoms. The average molecular weight is 274 g/mol. The molecule has 0 spiro atoms. The molecule has 0 radical (unpaired) electrons. The summed E-state index contributed by atoms with van der Waals surface area (Å²) in [5, 5.41) is 1.09. The van der Waals surface area contributed by atoms with Crippen molar-refractivity contribution in [2.75, 3.05) is 0 Å². The van der Waals surface area contributed by atoms with Gasteiger partial charge in [-0.15, -0.1) is 0 Å². The van der Waals surface area contributed by atoms with Crippen molar-refractivity contribution in [1.82, 2.24) is 0 Å². The summed E-state index contributed by atoms with van der Waals surface area (Å²) in [7, 11) is 0.